The van der Waals surface area contributed by atoms with Crippen LogP contribution in [0.1, 0.15) is 25.3 Å². The summed E-state index contributed by atoms with van der Waals surface area (Å²) in [4.78, 5) is 4.14. The molecule has 2 aliphatic heterocycles. The summed E-state index contributed by atoms with van der Waals surface area (Å²) < 4.78 is 39.8. The molecule has 0 aromatic carbocycles. The van der Waals surface area contributed by atoms with Gasteiger partial charge in [0.15, 0.2) is 0 Å². The van der Waals surface area contributed by atoms with Crippen molar-refractivity contribution in [1.29, 1.82) is 0 Å². The second-order valence-electron chi connectivity index (χ2n) is 8.18. The molecule has 160 valence electrons. The number of pyridine rings is 1. The van der Waals surface area contributed by atoms with Crippen molar-refractivity contribution in [2.24, 2.45) is 5.92 Å². The fraction of sp³-hybridized carbons (Fsp3) is 0.409. The first-order valence-electron chi connectivity index (χ1n) is 10.0. The molecule has 0 radical (unpaired) electrons. The summed E-state index contributed by atoms with van der Waals surface area (Å²) in [6, 6.07) is 3.83. The summed E-state index contributed by atoms with van der Waals surface area (Å²) in [6.07, 6.45) is 9.42. The number of likely N-dealkylation sites (N-methyl/N-ethyl adjacent to an activating group) is 1. The molecule has 3 heterocycles. The van der Waals surface area contributed by atoms with Crippen LogP contribution in [0.2, 0.25) is 0 Å². The number of nitrogens with zero attached hydrogens (tertiary/aromatic N) is 3. The van der Waals surface area contributed by atoms with Gasteiger partial charge >= 0.3 is 6.18 Å². The highest BCUT2D eigenvalue weighted by Crippen LogP contribution is 2.39. The third-order valence-electron chi connectivity index (χ3n) is 5.72. The third kappa shape index (κ3) is 4.23. The van der Waals surface area contributed by atoms with Crippen molar-refractivity contribution in [3.8, 4) is 0 Å². The Hall–Kier alpha value is -2.74. The van der Waals surface area contributed by atoms with Crippen LogP contribution in [0.15, 0.2) is 72.1 Å². The molecule has 2 N–H and O–H groups in total. The molecule has 1 aliphatic carbocycles. The van der Waals surface area contributed by atoms with Crippen molar-refractivity contribution < 1.29 is 13.2 Å². The lowest BCUT2D eigenvalue weighted by atomic mass is 9.80. The number of hydrazine groups is 1. The maximum Gasteiger partial charge on any atom is 0.392 e. The van der Waals surface area contributed by atoms with Gasteiger partial charge in [0.05, 0.1) is 12.0 Å². The zero-order valence-corrected chi connectivity index (χ0v) is 17.1. The lowest BCUT2D eigenvalue weighted by Gasteiger charge is -2.45. The Morgan fingerprint density at radius 2 is 2.17 bits per heavy atom. The fourth-order valence-electron chi connectivity index (χ4n) is 4.25. The van der Waals surface area contributed by atoms with Gasteiger partial charge in [-0.2, -0.15) is 13.2 Å². The van der Waals surface area contributed by atoms with Crippen LogP contribution in [-0.4, -0.2) is 40.3 Å². The number of halogens is 3. The van der Waals surface area contributed by atoms with Crippen LogP contribution in [-0.2, 0) is 6.54 Å². The van der Waals surface area contributed by atoms with Crippen LogP contribution in [0, 0.1) is 5.92 Å². The summed E-state index contributed by atoms with van der Waals surface area (Å²) in [5, 5.41) is 10.5. The van der Waals surface area contributed by atoms with Crippen molar-refractivity contribution >= 4 is 0 Å². The Balaban J connectivity index is 1.69. The molecular weight excluding hydrogens is 391 g/mol. The molecule has 2 unspecified atom stereocenters. The highest BCUT2D eigenvalue weighted by Gasteiger charge is 2.44. The van der Waals surface area contributed by atoms with E-state index in [1.807, 2.05) is 41.2 Å². The molecule has 30 heavy (non-hydrogen) atoms. The molecule has 0 saturated carbocycles. The zero-order chi connectivity index (χ0) is 21.4. The topological polar surface area (TPSA) is 43.4 Å². The van der Waals surface area contributed by atoms with E-state index in [2.05, 4.69) is 33.8 Å². The minimum Gasteiger partial charge on any atom is -0.366 e. The molecule has 8 heteroatoms. The minimum absolute atomic E-state index is 0.130. The largest absolute Gasteiger partial charge is 0.392 e. The van der Waals surface area contributed by atoms with Gasteiger partial charge in [-0.1, -0.05) is 30.4 Å². The number of allylic oxidation sites excluding steroid dienone is 3. The Kier molecular flexibility index (Phi) is 5.36. The summed E-state index contributed by atoms with van der Waals surface area (Å²) in [7, 11) is 1.80. The Morgan fingerprint density at radius 3 is 2.83 bits per heavy atom. The molecule has 1 aromatic rings. The Labute approximate surface area is 174 Å². The average molecular weight is 417 g/mol. The Bertz CT molecular complexity index is 903. The molecule has 0 spiro atoms. The summed E-state index contributed by atoms with van der Waals surface area (Å²) in [6.45, 7) is 2.80. The van der Waals surface area contributed by atoms with Gasteiger partial charge in [0.25, 0.3) is 0 Å². The number of aromatic nitrogens is 1. The standard InChI is InChI=1S/C22H26F3N5/c1-21(18-8-4-3-5-9-18)12-19(27-14-16-7-6-10-26-13-16)30-20(28-21)17(15-29(30)2)11-22(23,24)25/h3-8,10,12-13,18,27-28H,9,11,14-15H2,1-2H3. The monoisotopic (exact) mass is 417 g/mol. The molecule has 3 aliphatic rings. The summed E-state index contributed by atoms with van der Waals surface area (Å²) in [5.41, 5.74) is 0.828. The van der Waals surface area contributed by atoms with Crippen LogP contribution in [0.25, 0.3) is 0 Å². The number of alkyl halides is 3. The average Bonchev–Trinajstić information content (AvgIpc) is 3.01. The van der Waals surface area contributed by atoms with E-state index in [1.165, 1.54) is 0 Å². The van der Waals surface area contributed by atoms with E-state index in [9.17, 15) is 13.2 Å². The first kappa shape index (κ1) is 20.5. The first-order chi connectivity index (χ1) is 14.3. The van der Waals surface area contributed by atoms with E-state index < -0.39 is 18.1 Å². The summed E-state index contributed by atoms with van der Waals surface area (Å²) in [5.74, 6) is 1.43. The van der Waals surface area contributed by atoms with Gasteiger partial charge in [-0.05, 0) is 36.6 Å². The van der Waals surface area contributed by atoms with Gasteiger partial charge in [-0.3, -0.25) is 4.98 Å². The van der Waals surface area contributed by atoms with E-state index in [0.717, 1.165) is 17.8 Å². The van der Waals surface area contributed by atoms with Crippen LogP contribution in [0.3, 0.4) is 0 Å². The molecule has 0 saturated heterocycles. The van der Waals surface area contributed by atoms with E-state index in [0.29, 0.717) is 17.9 Å². The van der Waals surface area contributed by atoms with Crippen molar-refractivity contribution in [1.82, 2.24) is 25.6 Å². The smallest absolute Gasteiger partial charge is 0.366 e. The maximum absolute atomic E-state index is 13.3. The van der Waals surface area contributed by atoms with E-state index in [-0.39, 0.29) is 12.5 Å². The van der Waals surface area contributed by atoms with E-state index in [1.54, 1.807) is 19.4 Å². The van der Waals surface area contributed by atoms with Gasteiger partial charge in [-0.15, -0.1) is 0 Å². The first-order valence-corrected chi connectivity index (χ1v) is 10.0. The van der Waals surface area contributed by atoms with Gasteiger partial charge in [0, 0.05) is 38.4 Å². The molecule has 2 atom stereocenters. The highest BCUT2D eigenvalue weighted by molar-refractivity contribution is 5.34. The van der Waals surface area contributed by atoms with Crippen molar-refractivity contribution in [2.45, 2.75) is 38.0 Å². The molecule has 5 nitrogen and oxygen atoms in total. The third-order valence-corrected chi connectivity index (χ3v) is 5.72. The van der Waals surface area contributed by atoms with Crippen LogP contribution >= 0.6 is 0 Å². The molecule has 4 rings (SSSR count). The number of fused-ring (bicyclic) bond motifs is 1. The zero-order valence-electron chi connectivity index (χ0n) is 17.1. The Morgan fingerprint density at radius 1 is 1.33 bits per heavy atom. The lowest BCUT2D eigenvalue weighted by Crippen LogP contribution is -2.56. The predicted octanol–water partition coefficient (Wildman–Crippen LogP) is 3.83. The van der Waals surface area contributed by atoms with Crippen molar-refractivity contribution in [3.05, 3.63) is 77.7 Å². The van der Waals surface area contributed by atoms with E-state index >= 15 is 0 Å². The SMILES string of the molecule is CN1CC(CC(F)(F)F)=C2NC(C)(C3C=CC=CC3)C=C(NCc3cccnc3)N21. The molecular formula is C22H26F3N5. The second-order valence-corrected chi connectivity index (χ2v) is 8.18. The number of hydrogen-bond acceptors (Lipinski definition) is 5. The van der Waals surface area contributed by atoms with E-state index in [4.69, 9.17) is 0 Å². The fourth-order valence-corrected chi connectivity index (χ4v) is 4.25. The molecule has 0 fully saturated rings. The van der Waals surface area contributed by atoms with Crippen molar-refractivity contribution in [3.63, 3.8) is 0 Å². The van der Waals surface area contributed by atoms with Gasteiger partial charge in [0.1, 0.15) is 11.6 Å². The summed E-state index contributed by atoms with van der Waals surface area (Å²) >= 11 is 0. The van der Waals surface area contributed by atoms with Crippen LogP contribution in [0.5, 0.6) is 0 Å². The quantitative estimate of drug-likeness (QED) is 0.762. The maximum atomic E-state index is 13.3. The molecule has 1 aromatic heterocycles. The highest BCUT2D eigenvalue weighted by atomic mass is 19.4. The molecule has 0 bridgehead atoms. The van der Waals surface area contributed by atoms with Crippen LogP contribution in [0.4, 0.5) is 13.2 Å². The lowest BCUT2D eigenvalue weighted by molar-refractivity contribution is -0.127. The van der Waals surface area contributed by atoms with Crippen LogP contribution < -0.4 is 10.6 Å². The normalized spacial score (nSPS) is 26.5. The van der Waals surface area contributed by atoms with Gasteiger partial charge < -0.3 is 10.6 Å². The number of hydrogen-bond donors (Lipinski definition) is 2. The van der Waals surface area contributed by atoms with Crippen molar-refractivity contribution in [2.75, 3.05) is 13.6 Å². The predicted molar refractivity (Wildman–Crippen MR) is 109 cm³/mol. The number of nitrogens with one attached hydrogen (secondary N) is 2. The van der Waals surface area contributed by atoms with Gasteiger partial charge in [0.2, 0.25) is 0 Å². The molecule has 0 amide bonds. The van der Waals surface area contributed by atoms with Gasteiger partial charge in [-0.25, -0.2) is 10.0 Å². The second kappa shape index (κ2) is 7.83. The minimum atomic E-state index is -4.25. The number of rotatable bonds is 5.